The zero-order chi connectivity index (χ0) is 20.5. The number of benzene rings is 1. The average Bonchev–Trinajstić information content (AvgIpc) is 2.68. The van der Waals surface area contributed by atoms with Crippen LogP contribution in [0.25, 0.3) is 0 Å². The predicted octanol–water partition coefficient (Wildman–Crippen LogP) is -3.18. The van der Waals surface area contributed by atoms with Gasteiger partial charge in [0.1, 0.15) is 6.04 Å². The van der Waals surface area contributed by atoms with E-state index in [-0.39, 0.29) is 30.8 Å². The third-order valence-corrected chi connectivity index (χ3v) is 5.45. The van der Waals surface area contributed by atoms with Crippen molar-refractivity contribution in [2.75, 3.05) is 0 Å². The van der Waals surface area contributed by atoms with Crippen molar-refractivity contribution in [3.05, 3.63) is 35.9 Å². The zero-order valence-corrected chi connectivity index (χ0v) is 17.8. The van der Waals surface area contributed by atoms with Crippen molar-refractivity contribution in [2.24, 2.45) is 5.92 Å². The zero-order valence-electron chi connectivity index (χ0n) is 17.0. The minimum absolute atomic E-state index is 0. The molecule has 0 radical (unpaired) electrons. The fourth-order valence-corrected chi connectivity index (χ4v) is 3.74. The van der Waals surface area contributed by atoms with Gasteiger partial charge in [-0.05, 0) is 24.8 Å². The van der Waals surface area contributed by atoms with Gasteiger partial charge in [-0.3, -0.25) is 9.59 Å². The molecule has 0 heterocycles. The van der Waals surface area contributed by atoms with Crippen LogP contribution in [0.1, 0.15) is 51.0 Å². The van der Waals surface area contributed by atoms with Crippen LogP contribution in [0.15, 0.2) is 30.3 Å². The first-order valence-electron chi connectivity index (χ1n) is 10.2. The molecule has 1 aromatic rings. The van der Waals surface area contributed by atoms with Gasteiger partial charge in [0, 0.05) is 6.42 Å². The van der Waals surface area contributed by atoms with Crippen LogP contribution in [0.3, 0.4) is 0 Å². The predicted molar refractivity (Wildman–Crippen MR) is 108 cm³/mol. The third kappa shape index (κ3) is 8.74. The summed E-state index contributed by atoms with van der Waals surface area (Å²) >= 11 is 0. The summed E-state index contributed by atoms with van der Waals surface area (Å²) in [6.45, 7) is 1.59. The molecule has 7 nitrogen and oxygen atoms in total. The fraction of sp³-hybridized carbons (Fsp3) is 0.600. The maximum atomic E-state index is 12.4. The Hall–Kier alpha value is -1.61. The summed E-state index contributed by atoms with van der Waals surface area (Å²) in [7, 11) is -1.70. The first-order valence-corrected chi connectivity index (χ1v) is 10.2. The van der Waals surface area contributed by atoms with Crippen molar-refractivity contribution >= 4 is 18.9 Å². The average molecular weight is 426 g/mol. The van der Waals surface area contributed by atoms with Crippen molar-refractivity contribution in [3.63, 3.8) is 0 Å². The van der Waals surface area contributed by atoms with Gasteiger partial charge in [0.2, 0.25) is 5.91 Å². The van der Waals surface area contributed by atoms with Gasteiger partial charge in [-0.15, -0.1) is 0 Å². The van der Waals surface area contributed by atoms with Gasteiger partial charge in [0.25, 0.3) is 5.91 Å². The summed E-state index contributed by atoms with van der Waals surface area (Å²) in [4.78, 5) is 24.8. The molecule has 0 unspecified atom stereocenters. The Labute approximate surface area is 179 Å². The Balaban J connectivity index is 0.00000420. The van der Waals surface area contributed by atoms with Crippen molar-refractivity contribution < 1.29 is 37.8 Å². The highest BCUT2D eigenvalue weighted by Gasteiger charge is 2.30. The minimum Gasteiger partial charge on any atom is -1.00 e. The van der Waals surface area contributed by atoms with Crippen molar-refractivity contribution in [1.82, 2.24) is 10.6 Å². The van der Waals surface area contributed by atoms with E-state index in [1.807, 2.05) is 30.3 Å². The molecule has 2 amide bonds. The molecule has 3 atom stereocenters. The van der Waals surface area contributed by atoms with Gasteiger partial charge in [-0.2, -0.15) is 0 Å². The summed E-state index contributed by atoms with van der Waals surface area (Å²) in [6, 6.07) is 8.11. The molecule has 29 heavy (non-hydrogen) atoms. The van der Waals surface area contributed by atoms with Crippen LogP contribution < -0.4 is 28.8 Å². The molecule has 162 valence electrons. The van der Waals surface area contributed by atoms with Gasteiger partial charge in [0.05, 0.1) is 5.94 Å². The number of nitrogens with one attached hydrogen (secondary N) is 2. The first-order chi connectivity index (χ1) is 13.4. The van der Waals surface area contributed by atoms with Crippen LogP contribution in [-0.2, 0) is 16.0 Å². The summed E-state index contributed by atoms with van der Waals surface area (Å²) in [5, 5.41) is 24.5. The Morgan fingerprint density at radius 1 is 1.10 bits per heavy atom. The van der Waals surface area contributed by atoms with Gasteiger partial charge in [-0.25, -0.2) is 0 Å². The molecule has 1 aromatic carbocycles. The van der Waals surface area contributed by atoms with E-state index in [0.29, 0.717) is 5.92 Å². The van der Waals surface area contributed by atoms with Crippen LogP contribution in [0.2, 0.25) is 0 Å². The van der Waals surface area contributed by atoms with Gasteiger partial charge >= 0.3 is 7.12 Å². The molecule has 1 aliphatic rings. The Kier molecular flexibility index (Phi) is 11.3. The lowest BCUT2D eigenvalue weighted by atomic mass is 9.76. The number of carbonyl (C=O) groups is 2. The second-order valence-corrected chi connectivity index (χ2v) is 7.89. The lowest BCUT2D eigenvalue weighted by molar-refractivity contribution is -0.407. The van der Waals surface area contributed by atoms with E-state index < -0.39 is 25.0 Å². The summed E-state index contributed by atoms with van der Waals surface area (Å²) in [6.07, 6.45) is 7.00. The molecule has 1 saturated carbocycles. The lowest BCUT2D eigenvalue weighted by Crippen LogP contribution is -3.00. The molecule has 1 fully saturated rings. The number of carbonyl (C=O) groups excluding carboxylic acids is 2. The number of amides is 2. The van der Waals surface area contributed by atoms with E-state index in [9.17, 15) is 19.6 Å². The van der Waals surface area contributed by atoms with Crippen molar-refractivity contribution in [3.8, 4) is 0 Å². The summed E-state index contributed by atoms with van der Waals surface area (Å²) in [5.74, 6) is -1.01. The molecule has 7 N–H and O–H groups in total. The SMILES string of the molecule is C[C@H](NC(=O)[C@H]([NH3+])CC1CCCCC1)C(=O)N[C@@H](Cc1ccccc1)B(O)O.[Cl-]. The quantitative estimate of drug-likeness (QED) is 0.267. The highest BCUT2D eigenvalue weighted by Crippen LogP contribution is 2.26. The monoisotopic (exact) mass is 425 g/mol. The van der Waals surface area contributed by atoms with Gasteiger partial charge < -0.3 is 38.8 Å². The maximum Gasteiger partial charge on any atom is 0.475 e. The second-order valence-electron chi connectivity index (χ2n) is 7.89. The molecule has 0 saturated heterocycles. The molecule has 0 aliphatic heterocycles. The molecule has 0 spiro atoms. The Bertz CT molecular complexity index is 629. The van der Waals surface area contributed by atoms with E-state index >= 15 is 0 Å². The molecule has 0 bridgehead atoms. The van der Waals surface area contributed by atoms with Crippen molar-refractivity contribution in [1.29, 1.82) is 0 Å². The highest BCUT2D eigenvalue weighted by molar-refractivity contribution is 6.43. The maximum absolute atomic E-state index is 12.4. The molecular formula is C20H33BClN3O4. The van der Waals surface area contributed by atoms with Gasteiger partial charge in [-0.1, -0.05) is 62.4 Å². The van der Waals surface area contributed by atoms with E-state index in [0.717, 1.165) is 24.8 Å². The first kappa shape index (κ1) is 25.4. The van der Waals surface area contributed by atoms with E-state index in [4.69, 9.17) is 0 Å². The molecule has 0 aromatic heterocycles. The Morgan fingerprint density at radius 3 is 2.31 bits per heavy atom. The van der Waals surface area contributed by atoms with Crippen LogP contribution in [0, 0.1) is 5.92 Å². The largest absolute Gasteiger partial charge is 1.00 e. The third-order valence-electron chi connectivity index (χ3n) is 5.45. The standard InChI is InChI=1S/C20H32BN3O4.ClH/c1-14(23-20(26)17(22)12-15-8-4-2-5-9-15)19(25)24-18(21(27)28)13-16-10-6-3-7-11-16;/h3,6-7,10-11,14-15,17-18,27-28H,2,4-5,8-9,12-13,22H2,1H3,(H,23,26)(H,24,25);1H/t14-,17+,18-;/m0./s1. The van der Waals surface area contributed by atoms with E-state index in [2.05, 4.69) is 16.4 Å². The number of halogens is 1. The van der Waals surface area contributed by atoms with Crippen LogP contribution in [-0.4, -0.2) is 47.0 Å². The number of rotatable bonds is 9. The molecule has 2 rings (SSSR count). The molecule has 1 aliphatic carbocycles. The molecule has 9 heteroatoms. The smallest absolute Gasteiger partial charge is 0.475 e. The normalized spacial score (nSPS) is 17.4. The van der Waals surface area contributed by atoms with Crippen LogP contribution in [0.5, 0.6) is 0 Å². The minimum atomic E-state index is -1.70. The number of hydrogen-bond acceptors (Lipinski definition) is 4. The second kappa shape index (κ2) is 12.9. The van der Waals surface area contributed by atoms with Gasteiger partial charge in [0.15, 0.2) is 6.04 Å². The topological polar surface area (TPSA) is 126 Å². The Morgan fingerprint density at radius 2 is 1.72 bits per heavy atom. The highest BCUT2D eigenvalue weighted by atomic mass is 35.5. The van der Waals surface area contributed by atoms with Crippen molar-refractivity contribution in [2.45, 2.75) is 69.9 Å². The van der Waals surface area contributed by atoms with Crippen LogP contribution >= 0.6 is 0 Å². The lowest BCUT2D eigenvalue weighted by Gasteiger charge is -2.24. The summed E-state index contributed by atoms with van der Waals surface area (Å²) in [5.41, 5.74) is 4.84. The van der Waals surface area contributed by atoms with Crippen LogP contribution in [0.4, 0.5) is 0 Å². The summed E-state index contributed by atoms with van der Waals surface area (Å²) < 4.78 is 0. The fourth-order valence-electron chi connectivity index (χ4n) is 3.74. The van der Waals surface area contributed by atoms with E-state index in [1.165, 1.54) is 19.3 Å². The number of hydrogen-bond donors (Lipinski definition) is 5. The van der Waals surface area contributed by atoms with E-state index in [1.54, 1.807) is 6.92 Å². The number of quaternary nitrogens is 1. The molecular weight excluding hydrogens is 393 g/mol.